The lowest BCUT2D eigenvalue weighted by Gasteiger charge is -2.28. The molecule has 3 aromatic heterocycles. The molecule has 0 radical (unpaired) electrons. The zero-order valence-electron chi connectivity index (χ0n) is 18.0. The summed E-state index contributed by atoms with van der Waals surface area (Å²) in [5.41, 5.74) is 12.5. The Morgan fingerprint density at radius 1 is 1.06 bits per heavy atom. The second-order valence-corrected chi connectivity index (χ2v) is 8.27. The van der Waals surface area contributed by atoms with Crippen molar-refractivity contribution in [1.82, 2.24) is 15.0 Å². The van der Waals surface area contributed by atoms with Gasteiger partial charge in [-0.15, -0.1) is 0 Å². The van der Waals surface area contributed by atoms with Crippen LogP contribution < -0.4 is 10.6 Å². The predicted octanol–water partition coefficient (Wildman–Crippen LogP) is 4.93. The average molecular weight is 416 g/mol. The third-order valence-electron chi connectivity index (χ3n) is 6.17. The number of nitrogens with two attached hydrogens (primary N) is 1. The molecule has 31 heavy (non-hydrogen) atoms. The fourth-order valence-corrected chi connectivity index (χ4v) is 4.36. The van der Waals surface area contributed by atoms with Gasteiger partial charge in [0.1, 0.15) is 11.5 Å². The van der Waals surface area contributed by atoms with Crippen molar-refractivity contribution in [3.8, 4) is 11.3 Å². The summed E-state index contributed by atoms with van der Waals surface area (Å²) in [7, 11) is 0. The van der Waals surface area contributed by atoms with Gasteiger partial charge in [0.2, 0.25) is 0 Å². The molecule has 4 aromatic rings. The molecule has 1 aliphatic heterocycles. The van der Waals surface area contributed by atoms with E-state index in [0.29, 0.717) is 5.82 Å². The second-order valence-electron chi connectivity index (χ2n) is 8.27. The standard InChI is InChI=1S/C25H29N5O/c1-2-3-4-5-18-15-21-20-14-17(6-8-23(20)28-25(21)29-24(18)26)22-9-7-19(16-27-22)30-10-12-31-13-11-30/h6-9,14-16H,2-5,10-13H2,1H3,(H3,26,28,29). The minimum atomic E-state index is 0.635. The van der Waals surface area contributed by atoms with Crippen molar-refractivity contribution in [2.45, 2.75) is 32.6 Å². The number of nitrogens with one attached hydrogen (secondary N) is 1. The van der Waals surface area contributed by atoms with Crippen LogP contribution >= 0.6 is 0 Å². The molecule has 0 atom stereocenters. The Morgan fingerprint density at radius 3 is 2.71 bits per heavy atom. The first-order valence-corrected chi connectivity index (χ1v) is 11.2. The molecule has 6 heteroatoms. The Labute approximate surface area is 182 Å². The summed E-state index contributed by atoms with van der Waals surface area (Å²) in [4.78, 5) is 15.1. The third kappa shape index (κ3) is 3.95. The van der Waals surface area contributed by atoms with Crippen LogP contribution in [0.15, 0.2) is 42.6 Å². The highest BCUT2D eigenvalue weighted by atomic mass is 16.5. The van der Waals surface area contributed by atoms with Crippen molar-refractivity contribution < 1.29 is 4.74 Å². The number of ether oxygens (including phenoxy) is 1. The van der Waals surface area contributed by atoms with E-state index in [1.54, 1.807) is 0 Å². The molecule has 1 aromatic carbocycles. The van der Waals surface area contributed by atoms with Crippen molar-refractivity contribution >= 4 is 33.4 Å². The molecule has 0 amide bonds. The first-order valence-electron chi connectivity index (χ1n) is 11.2. The molecule has 1 fully saturated rings. The van der Waals surface area contributed by atoms with E-state index in [-0.39, 0.29) is 0 Å². The van der Waals surface area contributed by atoms with Gasteiger partial charge in [0.15, 0.2) is 0 Å². The monoisotopic (exact) mass is 415 g/mol. The number of pyridine rings is 2. The summed E-state index contributed by atoms with van der Waals surface area (Å²) in [6.45, 7) is 5.60. The van der Waals surface area contributed by atoms with E-state index in [2.05, 4.69) is 58.2 Å². The SMILES string of the molecule is CCCCCc1cc2c(nc1N)[nH]c1ccc(-c3ccc(N4CCOCC4)cn3)cc12. The van der Waals surface area contributed by atoms with Gasteiger partial charge in [0.05, 0.1) is 30.8 Å². The van der Waals surface area contributed by atoms with Crippen LogP contribution in [0.5, 0.6) is 0 Å². The number of aryl methyl sites for hydroxylation is 1. The summed E-state index contributed by atoms with van der Waals surface area (Å²) in [6.07, 6.45) is 6.49. The van der Waals surface area contributed by atoms with E-state index >= 15 is 0 Å². The lowest BCUT2D eigenvalue weighted by Crippen LogP contribution is -2.36. The number of aromatic amines is 1. The van der Waals surface area contributed by atoms with Crippen molar-refractivity contribution in [3.63, 3.8) is 0 Å². The highest BCUT2D eigenvalue weighted by molar-refractivity contribution is 6.07. The zero-order valence-corrected chi connectivity index (χ0v) is 18.0. The van der Waals surface area contributed by atoms with Crippen LogP contribution in [0.4, 0.5) is 11.5 Å². The normalized spacial score (nSPS) is 14.5. The highest BCUT2D eigenvalue weighted by Crippen LogP contribution is 2.31. The number of morpholine rings is 1. The van der Waals surface area contributed by atoms with Crippen LogP contribution in [-0.2, 0) is 11.2 Å². The number of unbranched alkanes of at least 4 members (excludes halogenated alkanes) is 2. The van der Waals surface area contributed by atoms with E-state index in [1.165, 1.54) is 12.8 Å². The Morgan fingerprint density at radius 2 is 1.94 bits per heavy atom. The molecule has 1 aliphatic rings. The number of hydrogen-bond acceptors (Lipinski definition) is 5. The van der Waals surface area contributed by atoms with Gasteiger partial charge in [0, 0.05) is 34.9 Å². The molecule has 3 N–H and O–H groups in total. The summed E-state index contributed by atoms with van der Waals surface area (Å²) in [6, 6.07) is 12.9. The van der Waals surface area contributed by atoms with Crippen LogP contribution in [0.2, 0.25) is 0 Å². The first-order chi connectivity index (χ1) is 15.2. The smallest absolute Gasteiger partial charge is 0.140 e. The molecule has 1 saturated heterocycles. The van der Waals surface area contributed by atoms with Crippen LogP contribution in [-0.4, -0.2) is 41.3 Å². The van der Waals surface area contributed by atoms with Crippen molar-refractivity contribution in [2.24, 2.45) is 0 Å². The molecule has 0 unspecified atom stereocenters. The molecule has 0 saturated carbocycles. The molecular weight excluding hydrogens is 386 g/mol. The summed E-state index contributed by atoms with van der Waals surface area (Å²) in [5, 5.41) is 2.29. The first kappa shape index (κ1) is 19.8. The van der Waals surface area contributed by atoms with Crippen LogP contribution in [0.1, 0.15) is 31.7 Å². The van der Waals surface area contributed by atoms with Gasteiger partial charge in [-0.05, 0) is 48.7 Å². The maximum Gasteiger partial charge on any atom is 0.140 e. The fourth-order valence-electron chi connectivity index (χ4n) is 4.36. The van der Waals surface area contributed by atoms with Gasteiger partial charge in [-0.2, -0.15) is 0 Å². The number of nitrogens with zero attached hydrogens (tertiary/aromatic N) is 3. The van der Waals surface area contributed by atoms with E-state index in [1.807, 2.05) is 6.20 Å². The molecule has 4 heterocycles. The van der Waals surface area contributed by atoms with Gasteiger partial charge in [-0.1, -0.05) is 25.8 Å². The number of rotatable bonds is 6. The zero-order chi connectivity index (χ0) is 21.2. The minimum absolute atomic E-state index is 0.635. The van der Waals surface area contributed by atoms with Crippen LogP contribution in [0.25, 0.3) is 33.2 Å². The van der Waals surface area contributed by atoms with Gasteiger partial charge in [-0.25, -0.2) is 4.98 Å². The van der Waals surface area contributed by atoms with E-state index in [9.17, 15) is 0 Å². The van der Waals surface area contributed by atoms with Crippen molar-refractivity contribution in [3.05, 3.63) is 48.2 Å². The Bertz CT molecular complexity index is 1190. The van der Waals surface area contributed by atoms with Gasteiger partial charge in [0.25, 0.3) is 0 Å². The Balaban J connectivity index is 1.48. The number of fused-ring (bicyclic) bond motifs is 3. The minimum Gasteiger partial charge on any atom is -0.383 e. The number of aromatic nitrogens is 3. The third-order valence-corrected chi connectivity index (χ3v) is 6.17. The Hall–Kier alpha value is -3.12. The van der Waals surface area contributed by atoms with Crippen molar-refractivity contribution in [2.75, 3.05) is 36.9 Å². The maximum atomic E-state index is 6.23. The van der Waals surface area contributed by atoms with Gasteiger partial charge >= 0.3 is 0 Å². The lowest BCUT2D eigenvalue weighted by molar-refractivity contribution is 0.122. The number of hydrogen-bond donors (Lipinski definition) is 2. The number of H-pyrrole nitrogens is 1. The van der Waals surface area contributed by atoms with Crippen LogP contribution in [0, 0.1) is 0 Å². The van der Waals surface area contributed by atoms with Crippen LogP contribution in [0.3, 0.4) is 0 Å². The molecular formula is C25H29N5O. The summed E-state index contributed by atoms with van der Waals surface area (Å²) >= 11 is 0. The largest absolute Gasteiger partial charge is 0.383 e. The molecule has 6 nitrogen and oxygen atoms in total. The quantitative estimate of drug-likeness (QED) is 0.437. The van der Waals surface area contributed by atoms with Gasteiger partial charge < -0.3 is 20.4 Å². The number of anilines is 2. The molecule has 0 spiro atoms. The van der Waals surface area contributed by atoms with Gasteiger partial charge in [-0.3, -0.25) is 4.98 Å². The molecule has 5 rings (SSSR count). The molecule has 0 bridgehead atoms. The number of benzene rings is 1. The maximum absolute atomic E-state index is 6.23. The fraction of sp³-hybridized carbons (Fsp3) is 0.360. The van der Waals surface area contributed by atoms with E-state index in [4.69, 9.17) is 15.5 Å². The average Bonchev–Trinajstić information content (AvgIpc) is 3.16. The second kappa shape index (κ2) is 8.55. The number of nitrogen functional groups attached to an aromatic ring is 1. The molecule has 160 valence electrons. The topological polar surface area (TPSA) is 80.1 Å². The lowest BCUT2D eigenvalue weighted by atomic mass is 10.0. The van der Waals surface area contributed by atoms with E-state index in [0.717, 1.165) is 83.6 Å². The van der Waals surface area contributed by atoms with E-state index < -0.39 is 0 Å². The molecule has 0 aliphatic carbocycles. The highest BCUT2D eigenvalue weighted by Gasteiger charge is 2.13. The summed E-state index contributed by atoms with van der Waals surface area (Å²) in [5.74, 6) is 0.635. The Kier molecular flexibility index (Phi) is 5.47. The predicted molar refractivity (Wildman–Crippen MR) is 128 cm³/mol. The summed E-state index contributed by atoms with van der Waals surface area (Å²) < 4.78 is 5.45. The van der Waals surface area contributed by atoms with Crippen molar-refractivity contribution in [1.29, 1.82) is 0 Å².